The van der Waals surface area contributed by atoms with Crippen molar-refractivity contribution in [3.05, 3.63) is 0 Å². The van der Waals surface area contributed by atoms with Gasteiger partial charge in [-0.15, -0.1) is 37.2 Å². The maximum atomic E-state index is 11.0. The van der Waals surface area contributed by atoms with Gasteiger partial charge in [-0.1, -0.05) is 42.5 Å². The van der Waals surface area contributed by atoms with Gasteiger partial charge in [0.2, 0.25) is 39.1 Å². The van der Waals surface area contributed by atoms with Crippen LogP contribution >= 0.6 is 47.9 Å². The maximum Gasteiger partial charge on any atom is 0.322 e. The Labute approximate surface area is 432 Å². The van der Waals surface area contributed by atoms with Crippen molar-refractivity contribution in [1.82, 2.24) is 19.1 Å². The first-order valence-corrected chi connectivity index (χ1v) is 26.9. The molecule has 2 aliphatic heterocycles. The Bertz CT molecular complexity index is 1860. The van der Waals surface area contributed by atoms with Crippen molar-refractivity contribution in [2.45, 2.75) is 118 Å². The number of aliphatic carboxylic acids is 3. The molecule has 0 aromatic heterocycles. The van der Waals surface area contributed by atoms with Gasteiger partial charge >= 0.3 is 35.8 Å². The molecule has 26 nitrogen and oxygen atoms in total. The van der Waals surface area contributed by atoms with Crippen molar-refractivity contribution < 1.29 is 92.0 Å². The van der Waals surface area contributed by atoms with Crippen LogP contribution in [0.4, 0.5) is 0 Å². The number of rotatable bonds is 13. The van der Waals surface area contributed by atoms with E-state index in [2.05, 4.69) is 30.2 Å². The zero-order valence-electron chi connectivity index (χ0n) is 39.5. The van der Waals surface area contributed by atoms with Crippen molar-refractivity contribution in [2.24, 2.45) is 23.3 Å². The largest absolute Gasteiger partial charge is 0.480 e. The highest BCUT2D eigenvalue weighted by Gasteiger charge is 2.36. The standard InChI is InChI=1S/C6H11NO4S.C6H13NO4S.C6H11NO2.C6H13NO2.C4H9NO4S.C4H9NO2.CH3ClO2S.2CH4.3ClH/c1-12(10,11)7-4-2-3-5(7)6(8)9;1-4(2)5(6(8)9)7-12(3,10)11;1-9-6(8)5-3-2-4-7-5;1-4(2)5(7)6(8)9-3;1-3(4(6)7)5-10(2,8)9;1-3(5)4(6)7-2;1-5(2,3)4;;;;;/h5H,2-4H2,1H3,(H,8,9);4-5,7H,1-3H3,(H,8,9);5,7H,2-4H2,1H3;4-5H,7H2,1-3H3;3,5H,1-2H3,(H,6,7);3H,5H2,1-2H3;1H3;2*1H4;3*1H. The maximum absolute atomic E-state index is 11.0. The highest BCUT2D eigenvalue weighted by Crippen LogP contribution is 2.20. The molecule has 2 heterocycles. The summed E-state index contributed by atoms with van der Waals surface area (Å²) in [5.41, 5.74) is 10.5. The summed E-state index contributed by atoms with van der Waals surface area (Å²) in [5.74, 6) is -4.37. The van der Waals surface area contributed by atoms with Crippen LogP contribution in [0.1, 0.15) is 82.1 Å². The minimum atomic E-state index is -3.44. The quantitative estimate of drug-likeness (QED) is 0.0704. The number of nitrogens with one attached hydrogen (secondary N) is 3. The van der Waals surface area contributed by atoms with Crippen molar-refractivity contribution in [1.29, 1.82) is 0 Å². The Kier molecular flexibility index (Phi) is 57.3. The minimum absolute atomic E-state index is 0. The van der Waals surface area contributed by atoms with Crippen molar-refractivity contribution in [3.63, 3.8) is 0 Å². The lowest BCUT2D eigenvalue weighted by Crippen LogP contribution is -2.43. The molecule has 2 fully saturated rings. The van der Waals surface area contributed by atoms with Crippen LogP contribution in [0.25, 0.3) is 0 Å². The van der Waals surface area contributed by atoms with Crippen molar-refractivity contribution >= 4 is 123 Å². The van der Waals surface area contributed by atoms with Gasteiger partial charge in [0.15, 0.2) is 0 Å². The third kappa shape index (κ3) is 56.3. The molecule has 0 amide bonds. The zero-order valence-corrected chi connectivity index (χ0v) is 46.0. The van der Waals surface area contributed by atoms with Gasteiger partial charge < -0.3 is 46.3 Å². The van der Waals surface area contributed by atoms with E-state index in [0.29, 0.717) is 19.4 Å². The van der Waals surface area contributed by atoms with Gasteiger partial charge in [0, 0.05) is 17.2 Å². The molecule has 0 bridgehead atoms. The van der Waals surface area contributed by atoms with Crippen LogP contribution in [0.3, 0.4) is 0 Å². The fraction of sp³-hybridized carbons (Fsp3) is 0.829. The zero-order chi connectivity index (χ0) is 52.1. The van der Waals surface area contributed by atoms with Crippen LogP contribution in [0.2, 0.25) is 0 Å². The molecule has 0 aromatic carbocycles. The van der Waals surface area contributed by atoms with Gasteiger partial charge in [0.1, 0.15) is 36.3 Å². The number of ether oxygens (including phenoxy) is 3. The first-order chi connectivity index (χ1) is 28.6. The van der Waals surface area contributed by atoms with Gasteiger partial charge in [0.05, 0.1) is 46.4 Å². The molecule has 69 heavy (non-hydrogen) atoms. The van der Waals surface area contributed by atoms with Gasteiger partial charge in [-0.05, 0) is 57.9 Å². The van der Waals surface area contributed by atoms with E-state index in [1.165, 1.54) is 28.3 Å². The second-order valence-electron chi connectivity index (χ2n) is 14.2. The van der Waals surface area contributed by atoms with E-state index in [1.54, 1.807) is 20.8 Å². The first kappa shape index (κ1) is 89.4. The fourth-order valence-corrected chi connectivity index (χ4v) is 6.78. The number of nitrogens with zero attached hydrogens (tertiary/aromatic N) is 1. The summed E-state index contributed by atoms with van der Waals surface area (Å²) in [6.07, 6.45) is 6.86. The van der Waals surface area contributed by atoms with E-state index in [0.717, 1.165) is 48.7 Å². The molecule has 34 heteroatoms. The lowest BCUT2D eigenvalue weighted by molar-refractivity contribution is -0.143. The van der Waals surface area contributed by atoms with Crippen LogP contribution in [-0.2, 0) is 82.1 Å². The van der Waals surface area contributed by atoms with Gasteiger partial charge in [-0.3, -0.25) is 28.8 Å². The van der Waals surface area contributed by atoms with E-state index in [4.69, 9.17) is 26.8 Å². The highest BCUT2D eigenvalue weighted by molar-refractivity contribution is 8.13. The predicted molar refractivity (Wildman–Crippen MR) is 271 cm³/mol. The van der Waals surface area contributed by atoms with Crippen molar-refractivity contribution in [2.75, 3.05) is 59.4 Å². The molecule has 10 N–H and O–H groups in total. The van der Waals surface area contributed by atoms with E-state index in [-0.39, 0.29) is 87.9 Å². The summed E-state index contributed by atoms with van der Waals surface area (Å²) < 4.78 is 101. The fourth-order valence-electron chi connectivity index (χ4n) is 4.08. The Morgan fingerprint density at radius 1 is 0.667 bits per heavy atom. The molecule has 0 radical (unpaired) electrons. The highest BCUT2D eigenvalue weighted by atomic mass is 35.7. The smallest absolute Gasteiger partial charge is 0.322 e. The molecule has 2 rings (SSSR count). The van der Waals surface area contributed by atoms with Gasteiger partial charge in [-0.2, -0.15) is 4.31 Å². The molecule has 6 atom stereocenters. The summed E-state index contributed by atoms with van der Waals surface area (Å²) in [6.45, 7) is 11.1. The molecule has 6 unspecified atom stereocenters. The second kappa shape index (κ2) is 44.3. The molecule has 0 spiro atoms. The summed E-state index contributed by atoms with van der Waals surface area (Å²) >= 11 is 0. The number of carboxylic acids is 3. The number of hydrogen-bond acceptors (Lipinski definition) is 20. The molecular weight excluding hydrogens is 1090 g/mol. The second-order valence-corrected chi connectivity index (χ2v) is 22.8. The molecule has 0 saturated carbocycles. The lowest BCUT2D eigenvalue weighted by Gasteiger charge is -2.17. The average molecular weight is 1180 g/mol. The predicted octanol–water partition coefficient (Wildman–Crippen LogP) is 0.432. The number of nitrogens with two attached hydrogens (primary N) is 2. The Morgan fingerprint density at radius 2 is 1.07 bits per heavy atom. The average Bonchev–Trinajstić information content (AvgIpc) is 3.86. The normalized spacial score (nSPS) is 16.5. The number of sulfonamides is 3. The first-order valence-electron chi connectivity index (χ1n) is 18.6. The molecule has 2 aliphatic rings. The number of carbonyl (C=O) groups is 6. The lowest BCUT2D eigenvalue weighted by atomic mass is 10.1. The summed E-state index contributed by atoms with van der Waals surface area (Å²) in [6, 6.07) is -3.95. The number of hydrogen-bond donors (Lipinski definition) is 8. The number of carbonyl (C=O) groups excluding carboxylic acids is 3. The molecule has 422 valence electrons. The molecule has 0 aromatic rings. The van der Waals surface area contributed by atoms with Crippen LogP contribution in [0.5, 0.6) is 0 Å². The topological polar surface area (TPSA) is 419 Å². The summed E-state index contributed by atoms with van der Waals surface area (Å²) in [4.78, 5) is 62.6. The Balaban J connectivity index is -0.0000000737. The number of carboxylic acid groups (broad SMARTS) is 3. The van der Waals surface area contributed by atoms with Gasteiger partial charge in [-0.25, -0.2) is 43.1 Å². The van der Waals surface area contributed by atoms with Gasteiger partial charge in [0.25, 0.3) is 0 Å². The van der Waals surface area contributed by atoms with Crippen LogP contribution in [0.15, 0.2) is 0 Å². The van der Waals surface area contributed by atoms with E-state index in [1.807, 2.05) is 23.3 Å². The van der Waals surface area contributed by atoms with Crippen LogP contribution in [0, 0.1) is 11.8 Å². The minimum Gasteiger partial charge on any atom is -0.480 e. The molecule has 2 saturated heterocycles. The monoisotopic (exact) mass is 1170 g/mol. The van der Waals surface area contributed by atoms with Crippen LogP contribution < -0.4 is 26.2 Å². The van der Waals surface area contributed by atoms with E-state index >= 15 is 0 Å². The van der Waals surface area contributed by atoms with E-state index in [9.17, 15) is 62.4 Å². The third-order valence-electron chi connectivity index (χ3n) is 7.26. The molecule has 0 aliphatic carbocycles. The summed E-state index contributed by atoms with van der Waals surface area (Å²) in [7, 11) is -4.81. The Morgan fingerprint density at radius 3 is 1.23 bits per heavy atom. The number of esters is 3. The summed E-state index contributed by atoms with van der Waals surface area (Å²) in [5, 5.41) is 28.5. The number of halogens is 4. The third-order valence-corrected chi connectivity index (χ3v) is 10.0. The van der Waals surface area contributed by atoms with Crippen LogP contribution in [-0.4, -0.2) is 185 Å². The van der Waals surface area contributed by atoms with Crippen molar-refractivity contribution in [3.8, 4) is 0 Å². The SMILES string of the molecule is C.C.CC(C)C(NS(C)(=O)=O)C(=O)O.CC(NS(C)(=O)=O)C(=O)O.COC(=O)C(C)N.COC(=O)C(N)C(C)C.COC(=O)C1CCCN1.CS(=O)(=O)Cl.CS(=O)(=O)N1CCCC1C(=O)O.Cl.Cl.Cl. The number of methoxy groups -OCH3 is 3. The van der Waals surface area contributed by atoms with E-state index < -0.39 is 87.2 Å². The Hall–Kier alpha value is -2.46. The molecular formula is C35H80Cl4N6O20S4.